The van der Waals surface area contributed by atoms with Crippen LogP contribution in [0, 0.1) is 11.3 Å². The average molecular weight is 376 g/mol. The Bertz CT molecular complexity index is 756. The van der Waals surface area contributed by atoms with E-state index in [-0.39, 0.29) is 18.6 Å². The van der Waals surface area contributed by atoms with Crippen LogP contribution in [0.4, 0.5) is 14.5 Å². The van der Waals surface area contributed by atoms with E-state index in [1.54, 1.807) is 18.3 Å². The standard InChI is InChI=1S/C19H22F2N4O2/c20-19(21)10-14(11-22)25(13-19)18(27)5-4-17(26)15-6-7-23-12-16(15)24-8-2-1-3-9-24/h6-7,12,14H,1-5,8-10,13H2/t14-/m0/s1. The first-order valence-electron chi connectivity index (χ1n) is 9.20. The molecular formula is C19H22F2N4O2. The fourth-order valence-corrected chi connectivity index (χ4v) is 3.70. The first-order valence-corrected chi connectivity index (χ1v) is 9.20. The number of ketones is 1. The van der Waals surface area contributed by atoms with Gasteiger partial charge in [0.05, 0.1) is 24.5 Å². The van der Waals surface area contributed by atoms with Crippen LogP contribution in [0.5, 0.6) is 0 Å². The molecule has 1 atom stereocenters. The number of carbonyl (C=O) groups is 2. The molecule has 0 saturated carbocycles. The topological polar surface area (TPSA) is 77.3 Å². The molecule has 0 unspecified atom stereocenters. The van der Waals surface area contributed by atoms with E-state index in [1.807, 2.05) is 0 Å². The van der Waals surface area contributed by atoms with Gasteiger partial charge >= 0.3 is 0 Å². The lowest BCUT2D eigenvalue weighted by Crippen LogP contribution is -2.36. The molecule has 0 radical (unpaired) electrons. The third-order valence-electron chi connectivity index (χ3n) is 5.10. The van der Waals surface area contributed by atoms with Crippen LogP contribution in [0.2, 0.25) is 0 Å². The Labute approximate surface area is 156 Å². The number of aromatic nitrogens is 1. The highest BCUT2D eigenvalue weighted by Gasteiger charge is 2.47. The van der Waals surface area contributed by atoms with Crippen molar-refractivity contribution in [3.05, 3.63) is 24.0 Å². The Kier molecular flexibility index (Phi) is 5.68. The molecule has 0 N–H and O–H groups in total. The summed E-state index contributed by atoms with van der Waals surface area (Å²) in [6, 6.07) is 2.25. The smallest absolute Gasteiger partial charge is 0.268 e. The molecule has 6 nitrogen and oxygen atoms in total. The molecule has 0 aromatic carbocycles. The predicted molar refractivity (Wildman–Crippen MR) is 94.5 cm³/mol. The van der Waals surface area contributed by atoms with Crippen LogP contribution < -0.4 is 4.90 Å². The zero-order valence-electron chi connectivity index (χ0n) is 15.0. The minimum atomic E-state index is -3.05. The Hall–Kier alpha value is -2.56. The molecular weight excluding hydrogens is 354 g/mol. The highest BCUT2D eigenvalue weighted by Crippen LogP contribution is 2.32. The second-order valence-corrected chi connectivity index (χ2v) is 7.09. The van der Waals surface area contributed by atoms with Gasteiger partial charge in [-0.25, -0.2) is 8.78 Å². The summed E-state index contributed by atoms with van der Waals surface area (Å²) in [7, 11) is 0. The fourth-order valence-electron chi connectivity index (χ4n) is 3.70. The van der Waals surface area contributed by atoms with Crippen LogP contribution in [0.25, 0.3) is 0 Å². The number of Topliss-reactive ketones (excluding diaryl/α,β-unsaturated/α-hetero) is 1. The Morgan fingerprint density at radius 3 is 2.70 bits per heavy atom. The van der Waals surface area contributed by atoms with Gasteiger partial charge in [0.25, 0.3) is 5.92 Å². The number of halogens is 2. The lowest BCUT2D eigenvalue weighted by atomic mass is 10.0. The van der Waals surface area contributed by atoms with Crippen LogP contribution in [0.3, 0.4) is 0 Å². The number of likely N-dealkylation sites (tertiary alicyclic amines) is 1. The number of nitrogens with zero attached hydrogens (tertiary/aromatic N) is 4. The van der Waals surface area contributed by atoms with Crippen molar-refractivity contribution in [2.75, 3.05) is 24.5 Å². The highest BCUT2D eigenvalue weighted by molar-refractivity contribution is 6.02. The third-order valence-corrected chi connectivity index (χ3v) is 5.10. The molecule has 144 valence electrons. The van der Waals surface area contributed by atoms with E-state index in [9.17, 15) is 18.4 Å². The third kappa shape index (κ3) is 4.41. The molecule has 3 rings (SSSR count). The van der Waals surface area contributed by atoms with Crippen LogP contribution in [0.15, 0.2) is 18.5 Å². The molecule has 1 aromatic rings. The molecule has 1 aromatic heterocycles. The Morgan fingerprint density at radius 1 is 1.26 bits per heavy atom. The van der Waals surface area contributed by atoms with Gasteiger partial charge in [0.15, 0.2) is 5.78 Å². The number of anilines is 1. The maximum Gasteiger partial charge on any atom is 0.268 e. The minimum Gasteiger partial charge on any atom is -0.370 e. The zero-order chi connectivity index (χ0) is 19.4. The second-order valence-electron chi connectivity index (χ2n) is 7.09. The predicted octanol–water partition coefficient (Wildman–Crippen LogP) is 2.79. The Morgan fingerprint density at radius 2 is 2.00 bits per heavy atom. The van der Waals surface area contributed by atoms with Crippen LogP contribution in [0.1, 0.15) is 48.9 Å². The molecule has 0 aliphatic carbocycles. The number of carbonyl (C=O) groups excluding carboxylic acids is 2. The van der Waals surface area contributed by atoms with Crippen molar-refractivity contribution >= 4 is 17.4 Å². The molecule has 2 saturated heterocycles. The summed E-state index contributed by atoms with van der Waals surface area (Å²) in [5.41, 5.74) is 1.26. The van der Waals surface area contributed by atoms with E-state index in [0.29, 0.717) is 5.56 Å². The first kappa shape index (κ1) is 19.2. The molecule has 3 heterocycles. The number of hydrogen-bond donors (Lipinski definition) is 0. The average Bonchev–Trinajstić information content (AvgIpc) is 3.01. The summed E-state index contributed by atoms with van der Waals surface area (Å²) in [4.78, 5) is 32.1. The quantitative estimate of drug-likeness (QED) is 0.739. The van der Waals surface area contributed by atoms with Crippen LogP contribution in [-0.2, 0) is 4.79 Å². The minimum absolute atomic E-state index is 0.0795. The highest BCUT2D eigenvalue weighted by atomic mass is 19.3. The van der Waals surface area contributed by atoms with Crippen LogP contribution in [-0.4, -0.2) is 53.2 Å². The van der Waals surface area contributed by atoms with Crippen molar-refractivity contribution in [2.45, 2.75) is 50.5 Å². The van der Waals surface area contributed by atoms with Crippen molar-refractivity contribution in [1.29, 1.82) is 5.26 Å². The molecule has 2 aliphatic rings. The lowest BCUT2D eigenvalue weighted by molar-refractivity contribution is -0.132. The van der Waals surface area contributed by atoms with Crippen molar-refractivity contribution in [2.24, 2.45) is 0 Å². The van der Waals surface area contributed by atoms with E-state index in [0.717, 1.165) is 42.9 Å². The van der Waals surface area contributed by atoms with Crippen molar-refractivity contribution in [1.82, 2.24) is 9.88 Å². The summed E-state index contributed by atoms with van der Waals surface area (Å²) >= 11 is 0. The lowest BCUT2D eigenvalue weighted by Gasteiger charge is -2.30. The van der Waals surface area contributed by atoms with Gasteiger partial charge in [0.1, 0.15) is 6.04 Å². The second kappa shape index (κ2) is 7.99. The number of nitriles is 1. The van der Waals surface area contributed by atoms with E-state index in [4.69, 9.17) is 5.26 Å². The summed E-state index contributed by atoms with van der Waals surface area (Å²) in [5.74, 6) is -3.85. The summed E-state index contributed by atoms with van der Waals surface area (Å²) in [6.45, 7) is 0.960. The van der Waals surface area contributed by atoms with E-state index >= 15 is 0 Å². The number of hydrogen-bond acceptors (Lipinski definition) is 5. The largest absolute Gasteiger partial charge is 0.370 e. The van der Waals surface area contributed by atoms with Crippen molar-refractivity contribution in [3.63, 3.8) is 0 Å². The molecule has 8 heteroatoms. The first-order chi connectivity index (χ1) is 12.9. The van der Waals surface area contributed by atoms with Crippen molar-refractivity contribution < 1.29 is 18.4 Å². The molecule has 2 fully saturated rings. The van der Waals surface area contributed by atoms with Gasteiger partial charge in [-0.05, 0) is 25.3 Å². The van der Waals surface area contributed by atoms with E-state index in [2.05, 4.69) is 9.88 Å². The number of alkyl halides is 2. The van der Waals surface area contributed by atoms with Crippen LogP contribution >= 0.6 is 0 Å². The summed E-state index contributed by atoms with van der Waals surface area (Å²) in [5, 5.41) is 9.00. The normalized spacial score (nSPS) is 21.7. The van der Waals surface area contributed by atoms with E-state index < -0.39 is 30.8 Å². The molecule has 0 bridgehead atoms. The van der Waals surface area contributed by atoms with Gasteiger partial charge < -0.3 is 9.80 Å². The van der Waals surface area contributed by atoms with Crippen molar-refractivity contribution in [3.8, 4) is 6.07 Å². The van der Waals surface area contributed by atoms with Gasteiger partial charge in [-0.1, -0.05) is 0 Å². The number of amides is 1. The fraction of sp³-hybridized carbons (Fsp3) is 0.579. The van der Waals surface area contributed by atoms with Gasteiger partial charge in [0.2, 0.25) is 5.91 Å². The number of piperidine rings is 1. The molecule has 1 amide bonds. The van der Waals surface area contributed by atoms with E-state index in [1.165, 1.54) is 6.20 Å². The SMILES string of the molecule is N#C[C@@H]1CC(F)(F)CN1C(=O)CCC(=O)c1ccncc1N1CCCCC1. The maximum atomic E-state index is 13.5. The maximum absolute atomic E-state index is 13.5. The molecule has 27 heavy (non-hydrogen) atoms. The van der Waals surface area contributed by atoms with Gasteiger partial charge in [0, 0.05) is 44.1 Å². The summed E-state index contributed by atoms with van der Waals surface area (Å²) < 4.78 is 27.0. The monoisotopic (exact) mass is 376 g/mol. The van der Waals surface area contributed by atoms with Gasteiger partial charge in [-0.3, -0.25) is 14.6 Å². The van der Waals surface area contributed by atoms with Gasteiger partial charge in [-0.15, -0.1) is 0 Å². The van der Waals surface area contributed by atoms with Gasteiger partial charge in [-0.2, -0.15) is 5.26 Å². The number of rotatable bonds is 5. The molecule has 0 spiro atoms. The zero-order valence-corrected chi connectivity index (χ0v) is 15.0. The summed E-state index contributed by atoms with van der Waals surface area (Å²) in [6.07, 6.45) is 5.56. The Balaban J connectivity index is 1.65. The number of pyridine rings is 1. The molecule has 2 aliphatic heterocycles.